The van der Waals surface area contributed by atoms with E-state index in [4.69, 9.17) is 8.83 Å². The van der Waals surface area contributed by atoms with Crippen molar-refractivity contribution in [1.82, 2.24) is 0 Å². The Kier molecular flexibility index (Phi) is 11.1. The molecule has 2 nitrogen and oxygen atoms in total. The first-order valence-electron chi connectivity index (χ1n) is 20.6. The summed E-state index contributed by atoms with van der Waals surface area (Å²) in [6, 6.07) is 57.9. The highest BCUT2D eigenvalue weighted by Gasteiger charge is 2.26. The lowest BCUT2D eigenvalue weighted by molar-refractivity contribution is 0.594. The molecule has 0 unspecified atom stereocenters. The number of benzene rings is 8. The first-order valence-corrected chi connectivity index (χ1v) is 23.2. The van der Waals surface area contributed by atoms with Gasteiger partial charge in [-0.15, -0.1) is 0 Å². The highest BCUT2D eigenvalue weighted by molar-refractivity contribution is 14.1. The van der Waals surface area contributed by atoms with Crippen LogP contribution < -0.4 is 0 Å². The average Bonchev–Trinajstić information content (AvgIpc) is 3.84. The largest absolute Gasteiger partial charge is 0.455 e. The first kappa shape index (κ1) is 41.4. The van der Waals surface area contributed by atoms with Gasteiger partial charge in [-0.3, -0.25) is 0 Å². The summed E-state index contributed by atoms with van der Waals surface area (Å²) in [5.41, 5.74) is 15.8. The molecular formula is C56H45Br2IO2. The molecule has 0 saturated heterocycles. The monoisotopic (exact) mass is 1030 g/mol. The number of halogens is 3. The summed E-state index contributed by atoms with van der Waals surface area (Å²) in [6.07, 6.45) is 0. The molecular weight excluding hydrogens is 991 g/mol. The van der Waals surface area contributed by atoms with Gasteiger partial charge in [-0.1, -0.05) is 191 Å². The molecule has 0 amide bonds. The van der Waals surface area contributed by atoms with E-state index in [9.17, 15) is 0 Å². The maximum Gasteiger partial charge on any atom is 0.150 e. The summed E-state index contributed by atoms with van der Waals surface area (Å²) in [5.74, 6) is 0. The molecule has 0 fully saturated rings. The van der Waals surface area contributed by atoms with Gasteiger partial charge in [0.2, 0.25) is 0 Å². The molecule has 0 aliphatic rings. The summed E-state index contributed by atoms with van der Waals surface area (Å²) in [4.78, 5) is 0. The van der Waals surface area contributed by atoms with Crippen molar-refractivity contribution >= 4 is 98.3 Å². The summed E-state index contributed by atoms with van der Waals surface area (Å²) in [5, 5.41) is 4.77. The van der Waals surface area contributed by atoms with E-state index in [-0.39, 0.29) is 10.8 Å². The molecule has 0 bridgehead atoms. The van der Waals surface area contributed by atoms with Gasteiger partial charge in [0.05, 0.1) is 3.57 Å². The maximum absolute atomic E-state index is 6.59. The predicted molar refractivity (Wildman–Crippen MR) is 275 cm³/mol. The number of furan rings is 2. The summed E-state index contributed by atoms with van der Waals surface area (Å²) < 4.78 is 16.3. The molecule has 10 aromatic rings. The lowest BCUT2D eigenvalue weighted by Crippen LogP contribution is -2.11. The van der Waals surface area contributed by atoms with Crippen molar-refractivity contribution in [3.05, 3.63) is 187 Å². The van der Waals surface area contributed by atoms with E-state index in [0.29, 0.717) is 0 Å². The van der Waals surface area contributed by atoms with Crippen LogP contribution in [0.15, 0.2) is 182 Å². The average molecular weight is 1040 g/mol. The number of para-hydroxylation sites is 2. The van der Waals surface area contributed by atoms with Crippen LogP contribution in [0.5, 0.6) is 0 Å². The molecule has 0 saturated carbocycles. The molecule has 2 heterocycles. The van der Waals surface area contributed by atoms with Gasteiger partial charge in [0.1, 0.15) is 22.3 Å². The highest BCUT2D eigenvalue weighted by Crippen LogP contribution is 2.45. The van der Waals surface area contributed by atoms with Crippen LogP contribution in [0.25, 0.3) is 88.4 Å². The van der Waals surface area contributed by atoms with Gasteiger partial charge < -0.3 is 8.83 Å². The van der Waals surface area contributed by atoms with E-state index in [1.807, 2.05) is 6.07 Å². The normalized spacial score (nSPS) is 12.0. The van der Waals surface area contributed by atoms with Gasteiger partial charge in [-0.05, 0) is 124 Å². The molecule has 61 heavy (non-hydrogen) atoms. The fourth-order valence-electron chi connectivity index (χ4n) is 8.44. The Hall–Kier alpha value is -4.95. The van der Waals surface area contributed by atoms with Crippen molar-refractivity contribution in [1.29, 1.82) is 0 Å². The Labute approximate surface area is 388 Å². The van der Waals surface area contributed by atoms with Gasteiger partial charge in [0.15, 0.2) is 0 Å². The molecule has 10 rings (SSSR count). The zero-order valence-corrected chi connectivity index (χ0v) is 40.4. The standard InChI is InChI=1S/C28H22BrIO.C28H23BrO/c1-28(2,3)22-16-23(29)25(30)27-24(22)21-14-8-13-20(26(21)31-27)19-12-7-11-18(15-19)17-9-5-4-6-10-17;1-28(2,3)24-16-21(29)17-25-26(24)23-14-8-13-22(27(23)30-25)20-12-7-11-19(15-20)18-9-5-4-6-10-18/h4-16H,1-3H3;4-17H,1-3H3. The third-order valence-electron chi connectivity index (χ3n) is 11.4. The zero-order valence-electron chi connectivity index (χ0n) is 35.0. The van der Waals surface area contributed by atoms with Crippen LogP contribution in [0.4, 0.5) is 0 Å². The smallest absolute Gasteiger partial charge is 0.150 e. The fraction of sp³-hybridized carbons (Fsp3) is 0.143. The zero-order chi connectivity index (χ0) is 42.6. The lowest BCUT2D eigenvalue weighted by atomic mass is 9.84. The van der Waals surface area contributed by atoms with Gasteiger partial charge in [0, 0.05) is 41.6 Å². The van der Waals surface area contributed by atoms with Crippen molar-refractivity contribution in [2.45, 2.75) is 52.4 Å². The molecule has 0 aliphatic heterocycles. The minimum absolute atomic E-state index is 0.00510. The third kappa shape index (κ3) is 8.01. The number of hydrogen-bond donors (Lipinski definition) is 0. The van der Waals surface area contributed by atoms with Crippen LogP contribution in [0.1, 0.15) is 52.7 Å². The Bertz CT molecular complexity index is 3240. The van der Waals surface area contributed by atoms with Gasteiger partial charge in [-0.2, -0.15) is 0 Å². The Balaban J connectivity index is 0.000000156. The molecule has 0 spiro atoms. The van der Waals surface area contributed by atoms with Crippen molar-refractivity contribution in [2.24, 2.45) is 0 Å². The van der Waals surface area contributed by atoms with E-state index in [0.717, 1.165) is 57.1 Å². The topological polar surface area (TPSA) is 26.3 Å². The second kappa shape index (κ2) is 16.4. The molecule has 2 aromatic heterocycles. The predicted octanol–water partition coefficient (Wildman–Crippen LogP) is 18.6. The van der Waals surface area contributed by atoms with Gasteiger partial charge in [-0.25, -0.2) is 0 Å². The van der Waals surface area contributed by atoms with E-state index >= 15 is 0 Å². The molecule has 5 heteroatoms. The van der Waals surface area contributed by atoms with Crippen molar-refractivity contribution in [2.75, 3.05) is 0 Å². The molecule has 0 aliphatic carbocycles. The fourth-order valence-corrected chi connectivity index (χ4v) is 9.82. The van der Waals surface area contributed by atoms with Crippen LogP contribution in [-0.2, 0) is 10.8 Å². The van der Waals surface area contributed by atoms with E-state index < -0.39 is 0 Å². The maximum atomic E-state index is 6.59. The highest BCUT2D eigenvalue weighted by atomic mass is 127. The summed E-state index contributed by atoms with van der Waals surface area (Å²) in [6.45, 7) is 13.5. The minimum atomic E-state index is 0.00510. The second-order valence-corrected chi connectivity index (χ2v) is 20.6. The third-order valence-corrected chi connectivity index (χ3v) is 14.3. The van der Waals surface area contributed by atoms with Crippen molar-refractivity contribution in [3.63, 3.8) is 0 Å². The van der Waals surface area contributed by atoms with Crippen molar-refractivity contribution in [3.8, 4) is 44.5 Å². The number of rotatable bonds is 4. The van der Waals surface area contributed by atoms with Crippen LogP contribution >= 0.6 is 54.5 Å². The van der Waals surface area contributed by atoms with E-state index in [2.05, 4.69) is 254 Å². The quantitative estimate of drug-likeness (QED) is 0.164. The molecule has 0 radical (unpaired) electrons. The molecule has 0 atom stereocenters. The van der Waals surface area contributed by atoms with Crippen molar-refractivity contribution < 1.29 is 8.83 Å². The Morgan fingerprint density at radius 3 is 1.38 bits per heavy atom. The summed E-state index contributed by atoms with van der Waals surface area (Å²) >= 11 is 9.80. The molecule has 302 valence electrons. The minimum Gasteiger partial charge on any atom is -0.455 e. The van der Waals surface area contributed by atoms with Crippen LogP contribution in [-0.4, -0.2) is 0 Å². The lowest BCUT2D eigenvalue weighted by Gasteiger charge is -2.21. The van der Waals surface area contributed by atoms with Crippen LogP contribution in [0.3, 0.4) is 0 Å². The van der Waals surface area contributed by atoms with Crippen LogP contribution in [0, 0.1) is 3.57 Å². The summed E-state index contributed by atoms with van der Waals surface area (Å²) in [7, 11) is 0. The molecule has 8 aromatic carbocycles. The van der Waals surface area contributed by atoms with E-state index in [1.54, 1.807) is 0 Å². The van der Waals surface area contributed by atoms with E-state index in [1.165, 1.54) is 54.9 Å². The molecule has 0 N–H and O–H groups in total. The Morgan fingerprint density at radius 1 is 0.410 bits per heavy atom. The van der Waals surface area contributed by atoms with Gasteiger partial charge in [0.25, 0.3) is 0 Å². The first-order chi connectivity index (χ1) is 29.3. The Morgan fingerprint density at radius 2 is 0.852 bits per heavy atom. The van der Waals surface area contributed by atoms with Gasteiger partial charge >= 0.3 is 0 Å². The second-order valence-electron chi connectivity index (χ2n) is 17.7. The number of hydrogen-bond acceptors (Lipinski definition) is 2. The van der Waals surface area contributed by atoms with Crippen LogP contribution in [0.2, 0.25) is 0 Å². The number of fused-ring (bicyclic) bond motifs is 6. The SMILES string of the molecule is CC(C)(C)c1cc(Br)c(I)c2oc3c(-c4cccc(-c5ccccc5)c4)cccc3c12.CC(C)(C)c1cc(Br)cc2oc3c(-c4cccc(-c5ccccc5)c4)cccc3c12.